The van der Waals surface area contributed by atoms with Crippen molar-refractivity contribution in [2.24, 2.45) is 5.92 Å². The van der Waals surface area contributed by atoms with E-state index >= 15 is 0 Å². The number of rotatable bonds is 6. The van der Waals surface area contributed by atoms with Crippen LogP contribution in [0.3, 0.4) is 0 Å². The summed E-state index contributed by atoms with van der Waals surface area (Å²) in [5.74, 6) is 0.129. The number of allylic oxidation sites excluding steroid dienone is 2. The molecule has 21 heavy (non-hydrogen) atoms. The van der Waals surface area contributed by atoms with Crippen LogP contribution in [0.4, 0.5) is 4.79 Å². The first-order chi connectivity index (χ1) is 9.62. The topological polar surface area (TPSA) is 58.6 Å². The van der Waals surface area contributed by atoms with Gasteiger partial charge in [-0.1, -0.05) is 19.1 Å². The Morgan fingerprint density at radius 3 is 2.33 bits per heavy atom. The molecule has 0 aromatic rings. The number of nitrogens with one attached hydrogen (secondary N) is 1. The summed E-state index contributed by atoms with van der Waals surface area (Å²) in [4.78, 5) is 25.6. The number of carbonyl (C=O) groups is 2. The van der Waals surface area contributed by atoms with Crippen LogP contribution in [-0.2, 0) is 9.53 Å². The van der Waals surface area contributed by atoms with Crippen LogP contribution in [0, 0.1) is 5.92 Å². The molecule has 0 aliphatic heterocycles. The Bertz CT molecular complexity index is 372. The van der Waals surface area contributed by atoms with E-state index in [-0.39, 0.29) is 5.91 Å². The summed E-state index contributed by atoms with van der Waals surface area (Å²) < 4.78 is 5.33. The molecule has 5 heteroatoms. The molecule has 0 bridgehead atoms. The van der Waals surface area contributed by atoms with E-state index < -0.39 is 17.7 Å². The largest absolute Gasteiger partial charge is 0.444 e. The van der Waals surface area contributed by atoms with E-state index in [9.17, 15) is 9.59 Å². The SMILES string of the molecule is C/C=C/CC(C)CC(C(=O)NC)N(C)C(=O)OC(C)(C)C. The molecule has 0 heterocycles. The molecule has 0 fully saturated rings. The highest BCUT2D eigenvalue weighted by atomic mass is 16.6. The molecule has 0 aromatic heterocycles. The van der Waals surface area contributed by atoms with Crippen molar-refractivity contribution >= 4 is 12.0 Å². The molecule has 1 N–H and O–H groups in total. The van der Waals surface area contributed by atoms with Gasteiger partial charge in [-0.25, -0.2) is 4.79 Å². The molecule has 0 saturated heterocycles. The van der Waals surface area contributed by atoms with Gasteiger partial charge in [0.05, 0.1) is 0 Å². The van der Waals surface area contributed by atoms with E-state index in [1.54, 1.807) is 14.1 Å². The van der Waals surface area contributed by atoms with Crippen LogP contribution < -0.4 is 5.32 Å². The Labute approximate surface area is 128 Å². The maximum absolute atomic E-state index is 12.1. The molecular weight excluding hydrogens is 268 g/mol. The average Bonchev–Trinajstić information content (AvgIpc) is 2.38. The second-order valence-corrected chi connectivity index (χ2v) is 6.37. The van der Waals surface area contributed by atoms with E-state index in [1.807, 2.05) is 33.8 Å². The Morgan fingerprint density at radius 2 is 1.90 bits per heavy atom. The lowest BCUT2D eigenvalue weighted by Gasteiger charge is -2.31. The third kappa shape index (κ3) is 7.73. The third-order valence-electron chi connectivity index (χ3n) is 3.10. The number of amides is 2. The van der Waals surface area contributed by atoms with E-state index in [4.69, 9.17) is 4.74 Å². The van der Waals surface area contributed by atoms with Gasteiger partial charge in [-0.15, -0.1) is 0 Å². The molecular formula is C16H30N2O3. The fraction of sp³-hybridized carbons (Fsp3) is 0.750. The van der Waals surface area contributed by atoms with Crippen molar-refractivity contribution in [3.63, 3.8) is 0 Å². The number of nitrogens with zero attached hydrogens (tertiary/aromatic N) is 1. The van der Waals surface area contributed by atoms with Gasteiger partial charge in [-0.05, 0) is 46.5 Å². The van der Waals surface area contributed by atoms with E-state index in [0.29, 0.717) is 12.3 Å². The molecule has 2 atom stereocenters. The molecule has 0 aliphatic carbocycles. The van der Waals surface area contributed by atoms with Crippen LogP contribution in [0.2, 0.25) is 0 Å². The average molecular weight is 298 g/mol. The highest BCUT2D eigenvalue weighted by Crippen LogP contribution is 2.18. The normalized spacial score (nSPS) is 14.6. The van der Waals surface area contributed by atoms with Crippen molar-refractivity contribution in [3.05, 3.63) is 12.2 Å². The van der Waals surface area contributed by atoms with Crippen molar-refractivity contribution < 1.29 is 14.3 Å². The van der Waals surface area contributed by atoms with Gasteiger partial charge in [0.1, 0.15) is 11.6 Å². The van der Waals surface area contributed by atoms with Gasteiger partial charge in [0.15, 0.2) is 0 Å². The van der Waals surface area contributed by atoms with Crippen molar-refractivity contribution in [1.29, 1.82) is 0 Å². The fourth-order valence-corrected chi connectivity index (χ4v) is 1.91. The number of carbonyl (C=O) groups excluding carboxylic acids is 2. The minimum Gasteiger partial charge on any atom is -0.444 e. The number of ether oxygens (including phenoxy) is 1. The minimum absolute atomic E-state index is 0.171. The highest BCUT2D eigenvalue weighted by Gasteiger charge is 2.30. The molecule has 0 aromatic carbocycles. The Morgan fingerprint density at radius 1 is 1.33 bits per heavy atom. The summed E-state index contributed by atoms with van der Waals surface area (Å²) in [5, 5.41) is 2.62. The second kappa shape index (κ2) is 8.70. The lowest BCUT2D eigenvalue weighted by molar-refractivity contribution is -0.126. The van der Waals surface area contributed by atoms with E-state index in [0.717, 1.165) is 6.42 Å². The lowest BCUT2D eigenvalue weighted by Crippen LogP contribution is -2.49. The lowest BCUT2D eigenvalue weighted by atomic mass is 9.97. The molecule has 2 unspecified atom stereocenters. The summed E-state index contributed by atoms with van der Waals surface area (Å²) in [6.07, 6.45) is 5.06. The van der Waals surface area contributed by atoms with Crippen LogP contribution >= 0.6 is 0 Å². The van der Waals surface area contributed by atoms with Crippen LogP contribution in [0.15, 0.2) is 12.2 Å². The Hall–Kier alpha value is -1.52. The highest BCUT2D eigenvalue weighted by molar-refractivity contribution is 5.85. The maximum atomic E-state index is 12.1. The summed E-state index contributed by atoms with van der Waals surface area (Å²) in [5.41, 5.74) is -0.574. The third-order valence-corrected chi connectivity index (χ3v) is 3.10. The standard InChI is InChI=1S/C16H30N2O3/c1-8-9-10-12(2)11-13(14(19)17-6)18(7)15(20)21-16(3,4)5/h8-9,12-13H,10-11H2,1-7H3,(H,17,19)/b9-8+. The minimum atomic E-state index is -0.574. The van der Waals surface area contributed by atoms with Crippen LogP contribution in [0.1, 0.15) is 47.5 Å². The molecule has 122 valence electrons. The predicted octanol–water partition coefficient (Wildman–Crippen LogP) is 2.96. The summed E-state index contributed by atoms with van der Waals surface area (Å²) >= 11 is 0. The van der Waals surface area contributed by atoms with E-state index in [1.165, 1.54) is 4.90 Å². The van der Waals surface area contributed by atoms with Gasteiger partial charge in [-0.2, -0.15) is 0 Å². The van der Waals surface area contributed by atoms with Crippen molar-refractivity contribution in [3.8, 4) is 0 Å². The van der Waals surface area contributed by atoms with Gasteiger partial charge in [0, 0.05) is 14.1 Å². The first-order valence-corrected chi connectivity index (χ1v) is 7.41. The maximum Gasteiger partial charge on any atom is 0.410 e. The van der Waals surface area contributed by atoms with Crippen molar-refractivity contribution in [1.82, 2.24) is 10.2 Å². The number of hydrogen-bond acceptors (Lipinski definition) is 3. The zero-order chi connectivity index (χ0) is 16.6. The van der Waals surface area contributed by atoms with Gasteiger partial charge in [0.2, 0.25) is 5.91 Å². The number of likely N-dealkylation sites (N-methyl/N-ethyl adjacent to an activating group) is 2. The molecule has 0 rings (SSSR count). The van der Waals surface area contributed by atoms with Crippen LogP contribution in [0.25, 0.3) is 0 Å². The second-order valence-electron chi connectivity index (χ2n) is 6.37. The van der Waals surface area contributed by atoms with Gasteiger partial charge >= 0.3 is 6.09 Å². The molecule has 0 aliphatic rings. The van der Waals surface area contributed by atoms with E-state index in [2.05, 4.69) is 18.3 Å². The molecule has 0 spiro atoms. The number of hydrogen-bond donors (Lipinski definition) is 1. The van der Waals surface area contributed by atoms with Gasteiger partial charge < -0.3 is 10.1 Å². The Kier molecular flexibility index (Phi) is 8.07. The monoisotopic (exact) mass is 298 g/mol. The van der Waals surface area contributed by atoms with Gasteiger partial charge in [-0.3, -0.25) is 9.69 Å². The van der Waals surface area contributed by atoms with Crippen LogP contribution in [0.5, 0.6) is 0 Å². The summed E-state index contributed by atoms with van der Waals surface area (Å²) in [7, 11) is 3.19. The molecule has 0 saturated carbocycles. The van der Waals surface area contributed by atoms with Crippen molar-refractivity contribution in [2.75, 3.05) is 14.1 Å². The van der Waals surface area contributed by atoms with Crippen molar-refractivity contribution in [2.45, 2.75) is 59.1 Å². The Balaban J connectivity index is 4.89. The zero-order valence-electron chi connectivity index (χ0n) is 14.4. The first-order valence-electron chi connectivity index (χ1n) is 7.41. The van der Waals surface area contributed by atoms with Crippen LogP contribution in [-0.4, -0.2) is 42.6 Å². The molecule has 2 amide bonds. The molecule has 5 nitrogen and oxygen atoms in total. The first kappa shape index (κ1) is 19.5. The smallest absolute Gasteiger partial charge is 0.410 e. The van der Waals surface area contributed by atoms with Gasteiger partial charge in [0.25, 0.3) is 0 Å². The fourth-order valence-electron chi connectivity index (χ4n) is 1.91. The summed E-state index contributed by atoms with van der Waals surface area (Å²) in [6, 6.07) is -0.523. The molecule has 0 radical (unpaired) electrons. The summed E-state index contributed by atoms with van der Waals surface area (Å²) in [6.45, 7) is 9.46. The predicted molar refractivity (Wildman–Crippen MR) is 85.1 cm³/mol. The zero-order valence-corrected chi connectivity index (χ0v) is 14.4. The quantitative estimate of drug-likeness (QED) is 0.767.